The van der Waals surface area contributed by atoms with Crippen molar-refractivity contribution in [2.75, 3.05) is 13.7 Å². The predicted octanol–water partition coefficient (Wildman–Crippen LogP) is 2.61. The van der Waals surface area contributed by atoms with E-state index in [-0.39, 0.29) is 0 Å². The summed E-state index contributed by atoms with van der Waals surface area (Å²) >= 11 is 0. The highest BCUT2D eigenvalue weighted by Gasteiger charge is 2.07. The number of nitrogens with one attached hydrogen (secondary N) is 1. The molecule has 0 saturated carbocycles. The average molecular weight is 273 g/mol. The molecule has 0 unspecified atom stereocenters. The Morgan fingerprint density at radius 2 is 1.95 bits per heavy atom. The molecule has 0 bridgehead atoms. The van der Waals surface area contributed by atoms with Gasteiger partial charge in [0.25, 0.3) is 0 Å². The summed E-state index contributed by atoms with van der Waals surface area (Å²) in [5.74, 6) is 0.945. The lowest BCUT2D eigenvalue weighted by molar-refractivity contribution is 0.286. The van der Waals surface area contributed by atoms with Gasteiger partial charge in [-0.3, -0.25) is 4.68 Å². The fourth-order valence-electron chi connectivity index (χ4n) is 2.23. The minimum absolute atomic E-state index is 0.627. The molecule has 20 heavy (non-hydrogen) atoms. The molecule has 0 atom stereocenters. The third-order valence-corrected chi connectivity index (χ3v) is 3.64. The quantitative estimate of drug-likeness (QED) is 0.879. The van der Waals surface area contributed by atoms with Crippen molar-refractivity contribution < 1.29 is 4.74 Å². The van der Waals surface area contributed by atoms with E-state index in [0.29, 0.717) is 6.61 Å². The van der Waals surface area contributed by atoms with Crippen LogP contribution in [0.25, 0.3) is 0 Å². The molecule has 0 fully saturated rings. The van der Waals surface area contributed by atoms with Crippen molar-refractivity contribution in [3.05, 3.63) is 46.8 Å². The van der Waals surface area contributed by atoms with Gasteiger partial charge in [-0.05, 0) is 39.4 Å². The summed E-state index contributed by atoms with van der Waals surface area (Å²) in [6.07, 6.45) is 0. The zero-order valence-corrected chi connectivity index (χ0v) is 12.7. The number of hydrogen-bond donors (Lipinski definition) is 1. The zero-order valence-electron chi connectivity index (χ0n) is 12.7. The predicted molar refractivity (Wildman–Crippen MR) is 81.1 cm³/mol. The number of ether oxygens (including phenoxy) is 1. The Morgan fingerprint density at radius 1 is 1.20 bits per heavy atom. The highest BCUT2D eigenvalue weighted by atomic mass is 16.5. The van der Waals surface area contributed by atoms with Crippen LogP contribution in [0.15, 0.2) is 24.3 Å². The molecular formula is C16H23N3O. The molecule has 2 rings (SSSR count). The van der Waals surface area contributed by atoms with Crippen LogP contribution in [0, 0.1) is 20.8 Å². The van der Waals surface area contributed by atoms with Gasteiger partial charge in [0.1, 0.15) is 12.4 Å². The summed E-state index contributed by atoms with van der Waals surface area (Å²) in [5.41, 5.74) is 4.76. The molecule has 4 heteroatoms. The van der Waals surface area contributed by atoms with E-state index in [1.54, 1.807) is 0 Å². The summed E-state index contributed by atoms with van der Waals surface area (Å²) in [4.78, 5) is 0. The van der Waals surface area contributed by atoms with E-state index in [1.807, 2.05) is 36.9 Å². The maximum Gasteiger partial charge on any atom is 0.123 e. The fraction of sp³-hybridized carbons (Fsp3) is 0.438. The number of hydrogen-bond acceptors (Lipinski definition) is 3. The molecule has 0 saturated heterocycles. The van der Waals surface area contributed by atoms with Crippen LogP contribution in [0.4, 0.5) is 0 Å². The Balaban J connectivity index is 1.97. The molecule has 0 aliphatic carbocycles. The first-order chi connectivity index (χ1) is 9.63. The molecule has 4 nitrogen and oxygen atoms in total. The molecule has 1 heterocycles. The van der Waals surface area contributed by atoms with E-state index in [1.165, 1.54) is 16.8 Å². The van der Waals surface area contributed by atoms with Gasteiger partial charge < -0.3 is 10.1 Å². The molecule has 0 aliphatic rings. The zero-order chi connectivity index (χ0) is 14.5. The van der Waals surface area contributed by atoms with Gasteiger partial charge in [-0.15, -0.1) is 0 Å². The fourth-order valence-corrected chi connectivity index (χ4v) is 2.23. The van der Waals surface area contributed by atoms with Gasteiger partial charge in [-0.2, -0.15) is 5.10 Å². The molecule has 0 aliphatic heterocycles. The summed E-state index contributed by atoms with van der Waals surface area (Å²) in [5, 5.41) is 7.68. The first kappa shape index (κ1) is 14.6. The number of aromatic nitrogens is 2. The topological polar surface area (TPSA) is 39.1 Å². The second-order valence-electron chi connectivity index (χ2n) is 5.01. The summed E-state index contributed by atoms with van der Waals surface area (Å²) in [6.45, 7) is 8.47. The molecule has 0 spiro atoms. The minimum atomic E-state index is 0.627. The van der Waals surface area contributed by atoms with Crippen molar-refractivity contribution >= 4 is 0 Å². The normalized spacial score (nSPS) is 10.8. The highest BCUT2D eigenvalue weighted by molar-refractivity contribution is 5.33. The van der Waals surface area contributed by atoms with Crippen molar-refractivity contribution in [1.82, 2.24) is 15.1 Å². The Labute approximate surface area is 120 Å². The smallest absolute Gasteiger partial charge is 0.123 e. The van der Waals surface area contributed by atoms with Crippen molar-refractivity contribution in [1.29, 1.82) is 0 Å². The summed E-state index contributed by atoms with van der Waals surface area (Å²) in [7, 11) is 1.94. The van der Waals surface area contributed by atoms with Crippen LogP contribution in [0.3, 0.4) is 0 Å². The van der Waals surface area contributed by atoms with Crippen molar-refractivity contribution in [2.24, 2.45) is 0 Å². The Hall–Kier alpha value is -1.81. The van der Waals surface area contributed by atoms with Crippen LogP contribution in [0.1, 0.15) is 22.5 Å². The van der Waals surface area contributed by atoms with E-state index in [2.05, 4.69) is 30.3 Å². The number of para-hydroxylation sites is 1. The van der Waals surface area contributed by atoms with Gasteiger partial charge in [-0.25, -0.2) is 0 Å². The standard InChI is InChI=1S/C16H23N3O/c1-12-13(2)18-19(14(12)3)9-10-20-16-8-6-5-7-15(16)11-17-4/h5-8,17H,9-11H2,1-4H3. The van der Waals surface area contributed by atoms with Crippen LogP contribution >= 0.6 is 0 Å². The van der Waals surface area contributed by atoms with Gasteiger partial charge in [0, 0.05) is 17.8 Å². The van der Waals surface area contributed by atoms with Gasteiger partial charge in [-0.1, -0.05) is 18.2 Å². The van der Waals surface area contributed by atoms with E-state index in [4.69, 9.17) is 4.74 Å². The van der Waals surface area contributed by atoms with Crippen molar-refractivity contribution in [3.63, 3.8) is 0 Å². The lowest BCUT2D eigenvalue weighted by Gasteiger charge is -2.11. The number of nitrogens with zero attached hydrogens (tertiary/aromatic N) is 2. The molecular weight excluding hydrogens is 250 g/mol. The van der Waals surface area contributed by atoms with Crippen LogP contribution in [0.5, 0.6) is 5.75 Å². The van der Waals surface area contributed by atoms with Crippen LogP contribution in [0.2, 0.25) is 0 Å². The summed E-state index contributed by atoms with van der Waals surface area (Å²) in [6, 6.07) is 8.13. The first-order valence-electron chi connectivity index (χ1n) is 6.99. The first-order valence-corrected chi connectivity index (χ1v) is 6.99. The molecule has 1 N–H and O–H groups in total. The lowest BCUT2D eigenvalue weighted by Crippen LogP contribution is -2.13. The Kier molecular flexibility index (Phi) is 4.79. The largest absolute Gasteiger partial charge is 0.491 e. The van der Waals surface area contributed by atoms with Gasteiger partial charge in [0.05, 0.1) is 12.2 Å². The minimum Gasteiger partial charge on any atom is -0.491 e. The highest BCUT2D eigenvalue weighted by Crippen LogP contribution is 2.18. The SMILES string of the molecule is CNCc1ccccc1OCCn1nc(C)c(C)c1C. The molecule has 1 aromatic carbocycles. The monoisotopic (exact) mass is 273 g/mol. The van der Waals surface area contributed by atoms with E-state index >= 15 is 0 Å². The van der Waals surface area contributed by atoms with E-state index < -0.39 is 0 Å². The lowest BCUT2D eigenvalue weighted by atomic mass is 10.2. The maximum absolute atomic E-state index is 5.90. The molecule has 0 radical (unpaired) electrons. The van der Waals surface area contributed by atoms with Crippen LogP contribution in [-0.4, -0.2) is 23.4 Å². The maximum atomic E-state index is 5.90. The Morgan fingerprint density at radius 3 is 2.60 bits per heavy atom. The average Bonchev–Trinajstić information content (AvgIpc) is 2.69. The van der Waals surface area contributed by atoms with Crippen LogP contribution in [-0.2, 0) is 13.1 Å². The number of benzene rings is 1. The third kappa shape index (κ3) is 3.20. The number of rotatable bonds is 6. The second kappa shape index (κ2) is 6.57. The van der Waals surface area contributed by atoms with Crippen molar-refractivity contribution in [3.8, 4) is 5.75 Å². The summed E-state index contributed by atoms with van der Waals surface area (Å²) < 4.78 is 7.92. The van der Waals surface area contributed by atoms with E-state index in [0.717, 1.165) is 24.5 Å². The Bertz CT molecular complexity index is 575. The van der Waals surface area contributed by atoms with Crippen molar-refractivity contribution in [2.45, 2.75) is 33.9 Å². The molecule has 2 aromatic rings. The van der Waals surface area contributed by atoms with Gasteiger partial charge >= 0.3 is 0 Å². The molecule has 108 valence electrons. The van der Waals surface area contributed by atoms with Gasteiger partial charge in [0.2, 0.25) is 0 Å². The molecule has 0 amide bonds. The molecule has 1 aromatic heterocycles. The van der Waals surface area contributed by atoms with Gasteiger partial charge in [0.15, 0.2) is 0 Å². The second-order valence-corrected chi connectivity index (χ2v) is 5.01. The van der Waals surface area contributed by atoms with E-state index in [9.17, 15) is 0 Å². The van der Waals surface area contributed by atoms with Crippen LogP contribution < -0.4 is 10.1 Å². The third-order valence-electron chi connectivity index (χ3n) is 3.64. The number of aryl methyl sites for hydroxylation is 1.